The zero-order chi connectivity index (χ0) is 10.1. The average molecular weight is 192 g/mol. The first-order valence-electron chi connectivity index (χ1n) is 4.07. The van der Waals surface area contributed by atoms with Crippen LogP contribution in [-0.4, -0.2) is 17.8 Å². The molecule has 0 atom stereocenters. The van der Waals surface area contributed by atoms with Crippen LogP contribution in [0.3, 0.4) is 0 Å². The molecule has 0 spiro atoms. The van der Waals surface area contributed by atoms with E-state index in [0.717, 1.165) is 0 Å². The van der Waals surface area contributed by atoms with Gasteiger partial charge in [-0.25, -0.2) is 4.79 Å². The van der Waals surface area contributed by atoms with Crippen LogP contribution in [0.4, 0.5) is 4.79 Å². The minimum absolute atomic E-state index is 0.399. The summed E-state index contributed by atoms with van der Waals surface area (Å²) in [6, 6.07) is 6.12. The van der Waals surface area contributed by atoms with Gasteiger partial charge in [-0.15, -0.1) is 0 Å². The second-order valence-corrected chi connectivity index (χ2v) is 2.74. The number of hydrogen-bond donors (Lipinski definition) is 1. The van der Waals surface area contributed by atoms with E-state index in [9.17, 15) is 9.59 Å². The molecule has 0 saturated heterocycles. The molecule has 5 heteroatoms. The van der Waals surface area contributed by atoms with Crippen molar-refractivity contribution in [2.45, 2.75) is 0 Å². The molecule has 14 heavy (non-hydrogen) atoms. The molecule has 2 aromatic rings. The van der Waals surface area contributed by atoms with Crippen LogP contribution in [0.25, 0.3) is 11.0 Å². The summed E-state index contributed by atoms with van der Waals surface area (Å²) in [7, 11) is 1.43. The summed E-state index contributed by atoms with van der Waals surface area (Å²) in [5.74, 6) is 0. The Labute approximate surface area is 78.9 Å². The Kier molecular flexibility index (Phi) is 1.85. The highest BCUT2D eigenvalue weighted by atomic mass is 16.5. The van der Waals surface area contributed by atoms with E-state index in [1.165, 1.54) is 7.05 Å². The third-order valence-electron chi connectivity index (χ3n) is 1.89. The molecule has 0 saturated carbocycles. The third-order valence-corrected chi connectivity index (χ3v) is 1.89. The molecule has 0 aliphatic heterocycles. The lowest BCUT2D eigenvalue weighted by Crippen LogP contribution is -2.31. The van der Waals surface area contributed by atoms with Crippen molar-refractivity contribution >= 4 is 17.0 Å². The van der Waals surface area contributed by atoms with Crippen molar-refractivity contribution in [1.29, 1.82) is 0 Å². The van der Waals surface area contributed by atoms with E-state index in [2.05, 4.69) is 5.32 Å². The lowest BCUT2D eigenvalue weighted by Gasteiger charge is -1.93. The molecule has 0 bridgehead atoms. The summed E-state index contributed by atoms with van der Waals surface area (Å²) in [5.41, 5.74) is -0.0407. The van der Waals surface area contributed by atoms with E-state index in [-0.39, 0.29) is 0 Å². The predicted octanol–water partition coefficient (Wildman–Crippen LogP) is 0.782. The van der Waals surface area contributed by atoms with E-state index < -0.39 is 11.6 Å². The van der Waals surface area contributed by atoms with Gasteiger partial charge in [0.2, 0.25) is 0 Å². The van der Waals surface area contributed by atoms with E-state index in [1.54, 1.807) is 24.3 Å². The van der Waals surface area contributed by atoms with Gasteiger partial charge in [-0.05, 0) is 12.1 Å². The van der Waals surface area contributed by atoms with Crippen LogP contribution in [0.2, 0.25) is 0 Å². The number of aromatic nitrogens is 1. The minimum Gasteiger partial charge on any atom is -0.366 e. The van der Waals surface area contributed by atoms with Gasteiger partial charge in [0.05, 0.1) is 5.39 Å². The maximum Gasteiger partial charge on any atom is 0.358 e. The SMILES string of the molecule is CNC(=O)n1oc2ccccc2c1=O. The molecule has 0 fully saturated rings. The van der Waals surface area contributed by atoms with Gasteiger partial charge >= 0.3 is 6.03 Å². The molecule has 0 aliphatic rings. The Morgan fingerprint density at radius 1 is 1.43 bits per heavy atom. The van der Waals surface area contributed by atoms with Gasteiger partial charge in [0.15, 0.2) is 5.58 Å². The zero-order valence-corrected chi connectivity index (χ0v) is 7.48. The van der Waals surface area contributed by atoms with Crippen LogP contribution in [0.1, 0.15) is 0 Å². The molecular formula is C9H8N2O3. The highest BCUT2D eigenvalue weighted by Crippen LogP contribution is 2.08. The average Bonchev–Trinajstić information content (AvgIpc) is 2.56. The van der Waals surface area contributed by atoms with Crippen LogP contribution >= 0.6 is 0 Å². The molecule has 1 N–H and O–H groups in total. The van der Waals surface area contributed by atoms with Gasteiger partial charge in [0.1, 0.15) is 0 Å². The fourth-order valence-electron chi connectivity index (χ4n) is 1.21. The first-order chi connectivity index (χ1) is 6.74. The van der Waals surface area contributed by atoms with Gasteiger partial charge in [0.25, 0.3) is 5.56 Å². The lowest BCUT2D eigenvalue weighted by atomic mass is 10.3. The fraction of sp³-hybridized carbons (Fsp3) is 0.111. The Balaban J connectivity index is 2.75. The molecule has 72 valence electrons. The number of amides is 1. The first kappa shape index (κ1) is 8.55. The number of fused-ring (bicyclic) bond motifs is 1. The lowest BCUT2D eigenvalue weighted by molar-refractivity contribution is 0.215. The topological polar surface area (TPSA) is 64.2 Å². The molecule has 1 aromatic carbocycles. The molecule has 0 unspecified atom stereocenters. The number of nitrogens with one attached hydrogen (secondary N) is 1. The quantitative estimate of drug-likeness (QED) is 0.670. The maximum atomic E-state index is 11.5. The number of nitrogens with zero attached hydrogens (tertiary/aromatic N) is 1. The summed E-state index contributed by atoms with van der Waals surface area (Å²) in [6.07, 6.45) is 0. The van der Waals surface area contributed by atoms with Gasteiger partial charge in [0, 0.05) is 7.05 Å². The van der Waals surface area contributed by atoms with Crippen LogP contribution in [-0.2, 0) is 0 Å². The molecule has 1 aromatic heterocycles. The third kappa shape index (κ3) is 1.10. The minimum atomic E-state index is -0.578. The van der Waals surface area contributed by atoms with Crippen LogP contribution in [0.5, 0.6) is 0 Å². The summed E-state index contributed by atoms with van der Waals surface area (Å²) < 4.78 is 5.74. The highest BCUT2D eigenvalue weighted by Gasteiger charge is 2.12. The smallest absolute Gasteiger partial charge is 0.358 e. The molecule has 5 nitrogen and oxygen atoms in total. The molecular weight excluding hydrogens is 184 g/mol. The normalized spacial score (nSPS) is 10.4. The number of carbonyl (C=O) groups excluding carboxylic acids is 1. The van der Waals surface area contributed by atoms with E-state index >= 15 is 0 Å². The number of para-hydroxylation sites is 1. The Morgan fingerprint density at radius 2 is 2.14 bits per heavy atom. The number of benzene rings is 1. The van der Waals surface area contributed by atoms with Crippen molar-refractivity contribution in [3.63, 3.8) is 0 Å². The summed E-state index contributed by atoms with van der Waals surface area (Å²) in [6.45, 7) is 0. The van der Waals surface area contributed by atoms with Gasteiger partial charge in [-0.2, -0.15) is 0 Å². The van der Waals surface area contributed by atoms with Crippen molar-refractivity contribution in [2.75, 3.05) is 7.05 Å². The van der Waals surface area contributed by atoms with Crippen molar-refractivity contribution < 1.29 is 9.32 Å². The van der Waals surface area contributed by atoms with Crippen LogP contribution in [0, 0.1) is 0 Å². The van der Waals surface area contributed by atoms with E-state index in [0.29, 0.717) is 15.7 Å². The van der Waals surface area contributed by atoms with Gasteiger partial charge in [-0.1, -0.05) is 16.9 Å². The number of carbonyl (C=O) groups is 1. The highest BCUT2D eigenvalue weighted by molar-refractivity contribution is 5.82. The van der Waals surface area contributed by atoms with E-state index in [4.69, 9.17) is 4.52 Å². The van der Waals surface area contributed by atoms with Gasteiger partial charge < -0.3 is 9.84 Å². The molecule has 0 aliphatic carbocycles. The van der Waals surface area contributed by atoms with E-state index in [1.807, 2.05) is 0 Å². The predicted molar refractivity (Wildman–Crippen MR) is 50.3 cm³/mol. The monoisotopic (exact) mass is 192 g/mol. The fourth-order valence-corrected chi connectivity index (χ4v) is 1.21. The zero-order valence-electron chi connectivity index (χ0n) is 7.48. The van der Waals surface area contributed by atoms with Crippen molar-refractivity contribution in [3.8, 4) is 0 Å². The Bertz CT molecular complexity index is 538. The second-order valence-electron chi connectivity index (χ2n) is 2.74. The Morgan fingerprint density at radius 3 is 2.79 bits per heavy atom. The van der Waals surface area contributed by atoms with Crippen molar-refractivity contribution in [1.82, 2.24) is 10.1 Å². The standard InChI is InChI=1S/C9H8N2O3/c1-10-9(13)11-8(12)6-4-2-3-5-7(6)14-11/h2-5H,1H3,(H,10,13). The molecule has 1 amide bonds. The largest absolute Gasteiger partial charge is 0.366 e. The van der Waals surface area contributed by atoms with Gasteiger partial charge in [-0.3, -0.25) is 4.79 Å². The second kappa shape index (κ2) is 3.02. The van der Waals surface area contributed by atoms with Crippen LogP contribution < -0.4 is 10.9 Å². The summed E-state index contributed by atoms with van der Waals surface area (Å²) >= 11 is 0. The maximum absolute atomic E-state index is 11.5. The summed E-state index contributed by atoms with van der Waals surface area (Å²) in [4.78, 5) is 22.7. The molecule has 1 heterocycles. The number of hydrogen-bond acceptors (Lipinski definition) is 3. The van der Waals surface area contributed by atoms with Crippen molar-refractivity contribution in [3.05, 3.63) is 34.6 Å². The van der Waals surface area contributed by atoms with Crippen LogP contribution in [0.15, 0.2) is 33.6 Å². The number of rotatable bonds is 0. The molecule has 2 rings (SSSR count). The molecule has 0 radical (unpaired) electrons. The Hall–Kier alpha value is -2.04. The first-order valence-corrected chi connectivity index (χ1v) is 4.07. The van der Waals surface area contributed by atoms with Crippen molar-refractivity contribution in [2.24, 2.45) is 0 Å². The summed E-state index contributed by atoms with van der Waals surface area (Å²) in [5, 5.41) is 2.71.